The van der Waals surface area contributed by atoms with Crippen LogP contribution in [0.2, 0.25) is 0 Å². The average molecular weight is 224 g/mol. The number of hydrogen-bond acceptors (Lipinski definition) is 0. The molecule has 0 aromatic heterocycles. The molecule has 0 aromatic rings. The van der Waals surface area contributed by atoms with E-state index in [9.17, 15) is 0 Å². The molecule has 14 heavy (non-hydrogen) atoms. The molecule has 0 bridgehead atoms. The van der Waals surface area contributed by atoms with Gasteiger partial charge in [0.05, 0.1) is 34.6 Å². The smallest absolute Gasteiger partial charge is 0.0814 e. The number of halogens is 4. The summed E-state index contributed by atoms with van der Waals surface area (Å²) in [6.45, 7) is 14.2. The number of nitrogens with zero attached hydrogens (tertiary/aromatic N) is 1. The minimum Gasteiger partial charge on any atom is -0.325 e. The van der Waals surface area contributed by atoms with Crippen molar-refractivity contribution in [1.29, 1.82) is 0 Å². The van der Waals surface area contributed by atoms with Crippen LogP contribution in [-0.4, -0.2) is 39.1 Å². The Morgan fingerprint density at radius 1 is 0.571 bits per heavy atom. The van der Waals surface area contributed by atoms with Crippen LogP contribution in [0.1, 0.15) is 27.7 Å². The lowest BCUT2D eigenvalue weighted by Crippen LogP contribution is -2.47. The van der Waals surface area contributed by atoms with Gasteiger partial charge in [0.25, 0.3) is 0 Å². The second-order valence-corrected chi connectivity index (χ2v) is 2.61. The predicted molar refractivity (Wildman–Crippen MR) is 62.4 cm³/mol. The maximum absolute atomic E-state index is 2.27. The molecule has 0 aromatic carbocycles. The lowest BCUT2D eigenvalue weighted by Gasteiger charge is -2.34. The first-order chi connectivity index (χ1) is 4.24. The summed E-state index contributed by atoms with van der Waals surface area (Å²) in [5, 5.41) is 0. The highest BCUT2D eigenvalue weighted by Gasteiger charge is 2.16. The Morgan fingerprint density at radius 3 is 0.714 bits per heavy atom. The monoisotopic (exact) mass is 224 g/mol. The van der Waals surface area contributed by atoms with E-state index in [0.29, 0.717) is 0 Å². The fourth-order valence-electron chi connectivity index (χ4n) is 1.34. The molecule has 94 valence electrons. The largest absolute Gasteiger partial charge is 0.325 e. The van der Waals surface area contributed by atoms with Gasteiger partial charge >= 0.3 is 0 Å². The Hall–Kier alpha value is -0.255. The van der Waals surface area contributed by atoms with Gasteiger partial charge < -0.3 is 4.48 Å². The van der Waals surface area contributed by atoms with Crippen molar-refractivity contribution in [2.75, 3.05) is 26.2 Å². The molecule has 0 unspecified atom stereocenters. The van der Waals surface area contributed by atoms with E-state index in [0.717, 1.165) is 0 Å². The Labute approximate surface area is 86.5 Å². The zero-order valence-corrected chi connectivity index (χ0v) is 8.91. The summed E-state index contributed by atoms with van der Waals surface area (Å²) in [4.78, 5) is 0. The third-order valence-electron chi connectivity index (χ3n) is 2.68. The zero-order chi connectivity index (χ0) is 7.33. The van der Waals surface area contributed by atoms with E-state index in [2.05, 4.69) is 27.7 Å². The van der Waals surface area contributed by atoms with Crippen LogP contribution in [0.15, 0.2) is 0 Å². The van der Waals surface area contributed by atoms with Crippen LogP contribution in [-0.2, 0) is 0 Å². The van der Waals surface area contributed by atoms with E-state index in [4.69, 9.17) is 0 Å². The molecule has 0 saturated heterocycles. The van der Waals surface area contributed by atoms with Gasteiger partial charge in [-0.15, -0.1) is 0 Å². The molecule has 0 radical (unpaired) electrons. The highest BCUT2D eigenvalue weighted by Crippen LogP contribution is 2.03. The number of rotatable bonds is 4. The van der Waals surface area contributed by atoms with E-state index < -0.39 is 0 Å². The highest BCUT2D eigenvalue weighted by molar-refractivity contribution is 5.75. The third-order valence-corrected chi connectivity index (χ3v) is 2.68. The van der Waals surface area contributed by atoms with E-state index in [-0.39, 0.29) is 27.2 Å². The van der Waals surface area contributed by atoms with Crippen molar-refractivity contribution in [3.8, 4) is 0 Å². The van der Waals surface area contributed by atoms with Gasteiger partial charge in [0, 0.05) is 0 Å². The molecule has 0 heterocycles. The van der Waals surface area contributed by atoms with Gasteiger partial charge in [-0.25, -0.2) is 0 Å². The lowest BCUT2D eigenvalue weighted by atomic mass is 10.3. The molecular weight excluding hydrogens is 197 g/mol. The lowest BCUT2D eigenvalue weighted by molar-refractivity contribution is -0.921. The third kappa shape index (κ3) is 9.83. The normalized spacial score (nSPS) is 7.71. The first-order valence-electron chi connectivity index (χ1n) is 4.09. The summed E-state index contributed by atoms with van der Waals surface area (Å²) in [6.07, 6.45) is 0. The van der Waals surface area contributed by atoms with Gasteiger partial charge in [0.2, 0.25) is 0 Å². The maximum Gasteiger partial charge on any atom is 0.0814 e. The topological polar surface area (TPSA) is 0 Å². The quantitative estimate of drug-likeness (QED) is 0.383. The maximum atomic E-state index is 2.27. The second kappa shape index (κ2) is 18.5. The molecule has 6 heteroatoms. The molecule has 0 amide bonds. The van der Waals surface area contributed by atoms with Crippen molar-refractivity contribution in [2.45, 2.75) is 27.7 Å². The average Bonchev–Trinajstić information content (AvgIpc) is 1.95. The number of quaternary nitrogens is 1. The Balaban J connectivity index is -0.0000000320. The van der Waals surface area contributed by atoms with Crippen molar-refractivity contribution in [3.05, 3.63) is 0 Å². The van der Waals surface area contributed by atoms with Crippen molar-refractivity contribution in [2.24, 2.45) is 0 Å². The van der Waals surface area contributed by atoms with Crippen LogP contribution in [0.4, 0.5) is 18.8 Å². The summed E-state index contributed by atoms with van der Waals surface area (Å²) in [6, 6.07) is 0. The van der Waals surface area contributed by atoms with Crippen molar-refractivity contribution in [1.82, 2.24) is 0 Å². The van der Waals surface area contributed by atoms with E-state index in [1.54, 1.807) is 0 Å². The molecule has 0 fully saturated rings. The molecule has 0 saturated carbocycles. The van der Waals surface area contributed by atoms with E-state index >= 15 is 0 Å². The van der Waals surface area contributed by atoms with Gasteiger partial charge in [0.15, 0.2) is 0 Å². The summed E-state index contributed by atoms with van der Waals surface area (Å²) in [7, 11) is 0. The van der Waals surface area contributed by atoms with Gasteiger partial charge in [-0.1, -0.05) is 0 Å². The van der Waals surface area contributed by atoms with Crippen molar-refractivity contribution in [3.63, 3.8) is 0 Å². The first kappa shape index (κ1) is 37.2. The van der Waals surface area contributed by atoms with Crippen LogP contribution in [0.5, 0.6) is 0 Å². The summed E-state index contributed by atoms with van der Waals surface area (Å²) in [5.41, 5.74) is 0. The Bertz CT molecular complexity index is 64.2. The summed E-state index contributed by atoms with van der Waals surface area (Å²) >= 11 is 0. The molecule has 0 rings (SSSR count). The molecule has 0 aliphatic heterocycles. The van der Waals surface area contributed by atoms with Crippen LogP contribution in [0, 0.1) is 0 Å². The minimum absolute atomic E-state index is 0. The molecule has 0 spiro atoms. The fourth-order valence-corrected chi connectivity index (χ4v) is 1.34. The Morgan fingerprint density at radius 2 is 0.714 bits per heavy atom. The molecule has 0 atom stereocenters. The van der Waals surface area contributed by atoms with E-state index in [1.807, 2.05) is 0 Å². The van der Waals surface area contributed by atoms with Gasteiger partial charge in [-0.3, -0.25) is 18.8 Å². The second-order valence-electron chi connectivity index (χ2n) is 2.61. The summed E-state index contributed by atoms with van der Waals surface area (Å²) < 4.78 is 1.28. The van der Waals surface area contributed by atoms with E-state index in [1.165, 1.54) is 30.7 Å². The fraction of sp³-hybridized carbons (Fsp3) is 1.00. The zero-order valence-electron chi connectivity index (χ0n) is 8.91. The predicted octanol–water partition coefficient (Wildman–Crippen LogP) is 1.31. The SMILES string of the molecule is B.CC[N+](CC)(CC)CC.F.F.F.F. The van der Waals surface area contributed by atoms with Gasteiger partial charge in [0.1, 0.15) is 0 Å². The van der Waals surface area contributed by atoms with Gasteiger partial charge in [-0.2, -0.15) is 0 Å². The molecule has 1 nitrogen and oxygen atoms in total. The minimum atomic E-state index is 0. The molecule has 0 aliphatic rings. The van der Waals surface area contributed by atoms with Crippen LogP contribution < -0.4 is 0 Å². The molecule has 0 N–H and O–H groups in total. The van der Waals surface area contributed by atoms with Crippen LogP contribution in [0.3, 0.4) is 0 Å². The highest BCUT2D eigenvalue weighted by atomic mass is 19.0. The summed E-state index contributed by atoms with van der Waals surface area (Å²) in [5.74, 6) is 0. The van der Waals surface area contributed by atoms with Crippen LogP contribution >= 0.6 is 0 Å². The number of hydrogen-bond donors (Lipinski definition) is 0. The van der Waals surface area contributed by atoms with Gasteiger partial charge in [-0.05, 0) is 27.7 Å². The van der Waals surface area contributed by atoms with Crippen molar-refractivity contribution < 1.29 is 23.3 Å². The van der Waals surface area contributed by atoms with Crippen molar-refractivity contribution >= 4 is 8.41 Å². The van der Waals surface area contributed by atoms with Crippen LogP contribution in [0.25, 0.3) is 0 Å². The first-order valence-corrected chi connectivity index (χ1v) is 4.09. The standard InChI is InChI=1S/C8H20N.BH3.4FH/c1-5-9(6-2,7-3)8-4;;;;;/h5-8H2,1-4H3;1H3;4*1H/q+1;;;;;. The molecular formula is C8H27BF4N+. The Kier molecular flexibility index (Phi) is 49.2. The molecule has 0 aliphatic carbocycles.